The van der Waals surface area contributed by atoms with Crippen LogP contribution in [0.25, 0.3) is 10.4 Å². The second-order valence-corrected chi connectivity index (χ2v) is 4.76. The number of benzene rings is 1. The van der Waals surface area contributed by atoms with Crippen LogP contribution in [0.4, 0.5) is 10.8 Å². The number of rotatable bonds is 5. The first kappa shape index (κ1) is 12.5. The van der Waals surface area contributed by atoms with E-state index in [0.717, 1.165) is 23.0 Å². The predicted octanol–water partition coefficient (Wildman–Crippen LogP) is 3.54. The molecule has 5 nitrogen and oxygen atoms in total. The van der Waals surface area contributed by atoms with Gasteiger partial charge in [0.2, 0.25) is 0 Å². The van der Waals surface area contributed by atoms with E-state index in [9.17, 15) is 10.1 Å². The number of nitro groups is 1. The van der Waals surface area contributed by atoms with Crippen molar-refractivity contribution in [3.8, 4) is 10.4 Å². The van der Waals surface area contributed by atoms with Gasteiger partial charge in [-0.1, -0.05) is 30.4 Å². The zero-order valence-electron chi connectivity index (χ0n) is 9.92. The molecule has 0 spiro atoms. The van der Waals surface area contributed by atoms with Crippen LogP contribution in [0.2, 0.25) is 0 Å². The second kappa shape index (κ2) is 5.59. The summed E-state index contributed by atoms with van der Waals surface area (Å²) < 4.78 is 0. The Hall–Kier alpha value is -1.95. The van der Waals surface area contributed by atoms with Crippen molar-refractivity contribution in [2.45, 2.75) is 13.3 Å². The predicted molar refractivity (Wildman–Crippen MR) is 73.0 cm³/mol. The minimum absolute atomic E-state index is 0.114. The number of hydrogen-bond donors (Lipinski definition) is 1. The molecule has 1 heterocycles. The molecule has 0 saturated carbocycles. The molecule has 1 N–H and O–H groups in total. The van der Waals surface area contributed by atoms with Gasteiger partial charge in [0.05, 0.1) is 15.4 Å². The van der Waals surface area contributed by atoms with Crippen LogP contribution in [0.15, 0.2) is 30.5 Å². The zero-order valence-corrected chi connectivity index (χ0v) is 10.7. The molecule has 0 amide bonds. The lowest BCUT2D eigenvalue weighted by Gasteiger charge is -1.99. The molecule has 0 fully saturated rings. The van der Waals surface area contributed by atoms with Crippen molar-refractivity contribution in [2.24, 2.45) is 0 Å². The maximum Gasteiger partial charge on any atom is 0.278 e. The van der Waals surface area contributed by atoms with Crippen molar-refractivity contribution in [3.05, 3.63) is 40.6 Å². The van der Waals surface area contributed by atoms with Gasteiger partial charge >= 0.3 is 0 Å². The summed E-state index contributed by atoms with van der Waals surface area (Å²) in [5.41, 5.74) is 0.729. The molecule has 1 aromatic carbocycles. The van der Waals surface area contributed by atoms with Crippen molar-refractivity contribution in [1.29, 1.82) is 0 Å². The molecule has 0 aliphatic heterocycles. The van der Waals surface area contributed by atoms with Crippen LogP contribution in [0.5, 0.6) is 0 Å². The minimum atomic E-state index is -0.367. The first-order valence-electron chi connectivity index (χ1n) is 5.66. The Morgan fingerprint density at radius 1 is 1.44 bits per heavy atom. The van der Waals surface area contributed by atoms with Gasteiger partial charge in [-0.05, 0) is 12.5 Å². The Balaban J connectivity index is 2.31. The number of anilines is 1. The van der Waals surface area contributed by atoms with Gasteiger partial charge in [-0.3, -0.25) is 10.1 Å². The molecule has 0 radical (unpaired) electrons. The molecule has 0 bridgehead atoms. The lowest BCUT2D eigenvalue weighted by molar-refractivity contribution is -0.384. The topological polar surface area (TPSA) is 68.1 Å². The van der Waals surface area contributed by atoms with Crippen LogP contribution < -0.4 is 5.32 Å². The van der Waals surface area contributed by atoms with Crippen LogP contribution in [0, 0.1) is 10.1 Å². The van der Waals surface area contributed by atoms with Gasteiger partial charge in [-0.15, -0.1) is 0 Å². The van der Waals surface area contributed by atoms with Crippen LogP contribution in [-0.2, 0) is 0 Å². The van der Waals surface area contributed by atoms with E-state index >= 15 is 0 Å². The molecule has 1 aromatic heterocycles. The molecule has 18 heavy (non-hydrogen) atoms. The van der Waals surface area contributed by atoms with Crippen molar-refractivity contribution in [1.82, 2.24) is 4.98 Å². The molecule has 0 aliphatic carbocycles. The number of aromatic nitrogens is 1. The number of nitrogens with zero attached hydrogens (tertiary/aromatic N) is 2. The Morgan fingerprint density at radius 2 is 2.22 bits per heavy atom. The van der Waals surface area contributed by atoms with E-state index in [1.807, 2.05) is 0 Å². The van der Waals surface area contributed by atoms with Crippen molar-refractivity contribution in [2.75, 3.05) is 11.9 Å². The van der Waals surface area contributed by atoms with E-state index in [0.29, 0.717) is 5.56 Å². The fraction of sp³-hybridized carbons (Fsp3) is 0.250. The maximum atomic E-state index is 10.9. The third-order valence-corrected chi connectivity index (χ3v) is 3.39. The molecule has 94 valence electrons. The first-order chi connectivity index (χ1) is 8.72. The van der Waals surface area contributed by atoms with Crippen LogP contribution in [-0.4, -0.2) is 16.5 Å². The Morgan fingerprint density at radius 3 is 2.94 bits per heavy atom. The average Bonchev–Trinajstić information content (AvgIpc) is 2.85. The van der Waals surface area contributed by atoms with E-state index in [-0.39, 0.29) is 10.6 Å². The molecular formula is C12H13N3O2S. The smallest absolute Gasteiger partial charge is 0.278 e. The SMILES string of the molecule is CCCNc1ncc(-c2ccccc2[N+](=O)[O-])s1. The maximum absolute atomic E-state index is 10.9. The average molecular weight is 263 g/mol. The van der Waals surface area contributed by atoms with Crippen molar-refractivity contribution >= 4 is 22.2 Å². The van der Waals surface area contributed by atoms with E-state index in [4.69, 9.17) is 0 Å². The van der Waals surface area contributed by atoms with Crippen LogP contribution >= 0.6 is 11.3 Å². The van der Waals surface area contributed by atoms with Crippen molar-refractivity contribution in [3.63, 3.8) is 0 Å². The fourth-order valence-electron chi connectivity index (χ4n) is 1.55. The third kappa shape index (κ3) is 2.65. The summed E-state index contributed by atoms with van der Waals surface area (Å²) in [4.78, 5) is 15.6. The van der Waals surface area contributed by atoms with Gasteiger partial charge in [0, 0.05) is 18.8 Å². The lowest BCUT2D eigenvalue weighted by Crippen LogP contribution is -1.97. The fourth-order valence-corrected chi connectivity index (χ4v) is 2.43. The summed E-state index contributed by atoms with van der Waals surface area (Å²) in [6, 6.07) is 6.71. The lowest BCUT2D eigenvalue weighted by atomic mass is 10.1. The van der Waals surface area contributed by atoms with Gasteiger partial charge in [-0.25, -0.2) is 4.98 Å². The molecule has 2 rings (SSSR count). The van der Waals surface area contributed by atoms with E-state index in [1.54, 1.807) is 24.4 Å². The highest BCUT2D eigenvalue weighted by atomic mass is 32.1. The summed E-state index contributed by atoms with van der Waals surface area (Å²) in [5.74, 6) is 0. The molecule has 0 aliphatic rings. The molecule has 0 atom stereocenters. The normalized spacial score (nSPS) is 10.3. The number of thiazole rings is 1. The van der Waals surface area contributed by atoms with E-state index < -0.39 is 0 Å². The third-order valence-electron chi connectivity index (χ3n) is 2.40. The van der Waals surface area contributed by atoms with Gasteiger partial charge in [0.15, 0.2) is 5.13 Å². The Bertz CT molecular complexity index is 554. The van der Waals surface area contributed by atoms with Gasteiger partial charge in [0.1, 0.15) is 0 Å². The summed E-state index contributed by atoms with van der Waals surface area (Å²) in [6.07, 6.45) is 2.69. The van der Waals surface area contributed by atoms with Crippen LogP contribution in [0.1, 0.15) is 13.3 Å². The monoisotopic (exact) mass is 263 g/mol. The second-order valence-electron chi connectivity index (χ2n) is 3.73. The van der Waals surface area contributed by atoms with Gasteiger partial charge in [0.25, 0.3) is 5.69 Å². The highest BCUT2D eigenvalue weighted by molar-refractivity contribution is 7.18. The molecule has 6 heteroatoms. The van der Waals surface area contributed by atoms with Gasteiger partial charge in [-0.2, -0.15) is 0 Å². The summed E-state index contributed by atoms with van der Waals surface area (Å²) in [5, 5.41) is 14.9. The minimum Gasteiger partial charge on any atom is -0.362 e. The Kier molecular flexibility index (Phi) is 3.88. The molecular weight excluding hydrogens is 250 g/mol. The summed E-state index contributed by atoms with van der Waals surface area (Å²) in [6.45, 7) is 2.92. The number of nitro benzene ring substituents is 1. The van der Waals surface area contributed by atoms with E-state index in [1.165, 1.54) is 17.4 Å². The summed E-state index contributed by atoms with van der Waals surface area (Å²) in [7, 11) is 0. The molecule has 2 aromatic rings. The first-order valence-corrected chi connectivity index (χ1v) is 6.47. The largest absolute Gasteiger partial charge is 0.362 e. The Labute approximate surface area is 109 Å². The highest BCUT2D eigenvalue weighted by Crippen LogP contribution is 2.34. The zero-order chi connectivity index (χ0) is 13.0. The number of nitrogens with one attached hydrogen (secondary N) is 1. The highest BCUT2D eigenvalue weighted by Gasteiger charge is 2.16. The number of para-hydroxylation sites is 1. The van der Waals surface area contributed by atoms with E-state index in [2.05, 4.69) is 17.2 Å². The summed E-state index contributed by atoms with van der Waals surface area (Å²) >= 11 is 1.43. The standard InChI is InChI=1S/C12H13N3O2S/c1-2-7-13-12-14-8-11(18-12)9-5-3-4-6-10(9)15(16)17/h3-6,8H,2,7H2,1H3,(H,13,14). The molecule has 0 unspecified atom stereocenters. The van der Waals surface area contributed by atoms with Gasteiger partial charge < -0.3 is 5.32 Å². The molecule has 0 saturated heterocycles. The van der Waals surface area contributed by atoms with Crippen LogP contribution in [0.3, 0.4) is 0 Å². The number of hydrogen-bond acceptors (Lipinski definition) is 5. The van der Waals surface area contributed by atoms with Crippen molar-refractivity contribution < 1.29 is 4.92 Å². The quantitative estimate of drug-likeness (QED) is 0.661.